The van der Waals surface area contributed by atoms with Crippen molar-refractivity contribution < 1.29 is 19.4 Å². The SMILES string of the molecule is CCN(CC)CCCN1C(=O)C(=O)/C(=C(/O)c2cccc(OC)c2)[C@@H]1c1ccc(C(C)C)cc1. The third-order valence-electron chi connectivity index (χ3n) is 6.57. The molecular weight excluding hydrogens is 428 g/mol. The van der Waals surface area contributed by atoms with Gasteiger partial charge in [-0.1, -0.05) is 64.1 Å². The molecule has 1 aliphatic rings. The zero-order valence-corrected chi connectivity index (χ0v) is 20.9. The highest BCUT2D eigenvalue weighted by Crippen LogP contribution is 2.40. The fraction of sp³-hybridized carbons (Fsp3) is 0.429. The van der Waals surface area contributed by atoms with E-state index in [0.717, 1.165) is 31.6 Å². The fourth-order valence-corrected chi connectivity index (χ4v) is 4.45. The molecule has 1 amide bonds. The lowest BCUT2D eigenvalue weighted by Crippen LogP contribution is -2.33. The van der Waals surface area contributed by atoms with Crippen LogP contribution in [0.5, 0.6) is 5.75 Å². The summed E-state index contributed by atoms with van der Waals surface area (Å²) in [5.74, 6) is -0.467. The van der Waals surface area contributed by atoms with E-state index in [1.54, 1.807) is 36.3 Å². The van der Waals surface area contributed by atoms with E-state index < -0.39 is 17.7 Å². The minimum atomic E-state index is -0.652. The normalized spacial score (nSPS) is 17.7. The molecule has 0 radical (unpaired) electrons. The van der Waals surface area contributed by atoms with Crippen molar-refractivity contribution in [1.82, 2.24) is 9.80 Å². The highest BCUT2D eigenvalue weighted by Gasteiger charge is 2.45. The molecule has 3 rings (SSSR count). The molecule has 2 aromatic rings. The number of carbonyl (C=O) groups is 2. The number of carbonyl (C=O) groups excluding carboxylic acids is 2. The number of aliphatic hydroxyl groups is 1. The van der Waals surface area contributed by atoms with Crippen molar-refractivity contribution in [3.05, 3.63) is 70.8 Å². The van der Waals surface area contributed by atoms with E-state index in [1.807, 2.05) is 24.3 Å². The number of rotatable bonds is 10. The van der Waals surface area contributed by atoms with Crippen molar-refractivity contribution in [2.45, 2.75) is 46.1 Å². The van der Waals surface area contributed by atoms with Crippen LogP contribution in [0.4, 0.5) is 0 Å². The average Bonchev–Trinajstić information content (AvgIpc) is 3.11. The number of ether oxygens (including phenoxy) is 1. The van der Waals surface area contributed by atoms with Gasteiger partial charge in [0.1, 0.15) is 11.5 Å². The lowest BCUT2D eigenvalue weighted by Gasteiger charge is -2.27. The second kappa shape index (κ2) is 11.3. The number of nitrogens with zero attached hydrogens (tertiary/aromatic N) is 2. The van der Waals surface area contributed by atoms with E-state index in [2.05, 4.69) is 32.6 Å². The van der Waals surface area contributed by atoms with Crippen LogP contribution in [0, 0.1) is 0 Å². The molecule has 0 spiro atoms. The maximum atomic E-state index is 13.2. The Morgan fingerprint density at radius 1 is 1.09 bits per heavy atom. The van der Waals surface area contributed by atoms with Crippen LogP contribution in [0.1, 0.15) is 62.8 Å². The number of benzene rings is 2. The second-order valence-corrected chi connectivity index (χ2v) is 8.93. The highest BCUT2D eigenvalue weighted by atomic mass is 16.5. The first-order chi connectivity index (χ1) is 16.3. The number of Topliss-reactive ketones (excluding diaryl/α,β-unsaturated/α-hetero) is 1. The van der Waals surface area contributed by atoms with Gasteiger partial charge < -0.3 is 19.6 Å². The number of hydrogen-bond acceptors (Lipinski definition) is 5. The molecule has 6 nitrogen and oxygen atoms in total. The van der Waals surface area contributed by atoms with Crippen molar-refractivity contribution >= 4 is 17.4 Å². The maximum Gasteiger partial charge on any atom is 0.295 e. The monoisotopic (exact) mass is 464 g/mol. The Hall–Kier alpha value is -3.12. The smallest absolute Gasteiger partial charge is 0.295 e. The lowest BCUT2D eigenvalue weighted by atomic mass is 9.93. The number of hydrogen-bond donors (Lipinski definition) is 1. The first-order valence-corrected chi connectivity index (χ1v) is 12.1. The summed E-state index contributed by atoms with van der Waals surface area (Å²) in [4.78, 5) is 30.2. The van der Waals surface area contributed by atoms with Gasteiger partial charge in [0.05, 0.1) is 18.7 Å². The van der Waals surface area contributed by atoms with Crippen LogP contribution < -0.4 is 4.74 Å². The standard InChI is InChI=1S/C28H36N2O4/c1-6-29(7-2)16-9-17-30-25(21-14-12-20(13-15-21)19(3)4)24(27(32)28(30)33)26(31)22-10-8-11-23(18-22)34-5/h8,10-15,18-19,25,31H,6-7,9,16-17H2,1-5H3/b26-24+/t25-/m0/s1. The van der Waals surface area contributed by atoms with E-state index in [4.69, 9.17) is 4.74 Å². The number of amides is 1. The predicted molar refractivity (Wildman–Crippen MR) is 135 cm³/mol. The molecule has 1 aliphatic heterocycles. The second-order valence-electron chi connectivity index (χ2n) is 8.93. The topological polar surface area (TPSA) is 70.1 Å². The summed E-state index contributed by atoms with van der Waals surface area (Å²) in [5, 5.41) is 11.2. The summed E-state index contributed by atoms with van der Waals surface area (Å²) in [5.41, 5.74) is 2.56. The molecule has 0 unspecified atom stereocenters. The van der Waals surface area contributed by atoms with E-state index in [-0.39, 0.29) is 11.3 Å². The molecule has 1 saturated heterocycles. The van der Waals surface area contributed by atoms with Crippen molar-refractivity contribution in [2.24, 2.45) is 0 Å². The summed E-state index contributed by atoms with van der Waals surface area (Å²) in [6.45, 7) is 11.6. The predicted octanol–water partition coefficient (Wildman–Crippen LogP) is 4.97. The Balaban J connectivity index is 2.05. The Bertz CT molecular complexity index is 1040. The van der Waals surface area contributed by atoms with Crippen LogP contribution in [0.3, 0.4) is 0 Å². The molecule has 182 valence electrons. The lowest BCUT2D eigenvalue weighted by molar-refractivity contribution is -0.140. The fourth-order valence-electron chi connectivity index (χ4n) is 4.45. The quantitative estimate of drug-likeness (QED) is 0.305. The van der Waals surface area contributed by atoms with Gasteiger partial charge in [0.15, 0.2) is 0 Å². The molecule has 0 saturated carbocycles. The van der Waals surface area contributed by atoms with Gasteiger partial charge in [-0.2, -0.15) is 0 Å². The summed E-state index contributed by atoms with van der Waals surface area (Å²) in [7, 11) is 1.55. The molecular formula is C28H36N2O4. The highest BCUT2D eigenvalue weighted by molar-refractivity contribution is 6.46. The molecule has 0 aliphatic carbocycles. The molecule has 0 bridgehead atoms. The Morgan fingerprint density at radius 3 is 2.35 bits per heavy atom. The number of likely N-dealkylation sites (tertiary alicyclic amines) is 1. The summed E-state index contributed by atoms with van der Waals surface area (Å²) < 4.78 is 5.28. The van der Waals surface area contributed by atoms with Crippen molar-refractivity contribution in [2.75, 3.05) is 33.3 Å². The molecule has 2 aromatic carbocycles. The average molecular weight is 465 g/mol. The molecule has 1 fully saturated rings. The summed E-state index contributed by atoms with van der Waals surface area (Å²) >= 11 is 0. The molecule has 0 aromatic heterocycles. The van der Waals surface area contributed by atoms with Crippen LogP contribution >= 0.6 is 0 Å². The van der Waals surface area contributed by atoms with Gasteiger partial charge in [0, 0.05) is 12.1 Å². The van der Waals surface area contributed by atoms with Gasteiger partial charge in [-0.15, -0.1) is 0 Å². The summed E-state index contributed by atoms with van der Waals surface area (Å²) in [6, 6.07) is 14.2. The van der Waals surface area contributed by atoms with Crippen LogP contribution in [0.25, 0.3) is 5.76 Å². The van der Waals surface area contributed by atoms with E-state index in [0.29, 0.717) is 23.8 Å². The summed E-state index contributed by atoms with van der Waals surface area (Å²) in [6.07, 6.45) is 0.745. The first kappa shape index (κ1) is 25.5. The zero-order chi connectivity index (χ0) is 24.8. The van der Waals surface area contributed by atoms with E-state index >= 15 is 0 Å². The number of ketones is 1. The number of aliphatic hydroxyl groups excluding tert-OH is 1. The Morgan fingerprint density at radius 2 is 1.76 bits per heavy atom. The minimum absolute atomic E-state index is 0.124. The number of methoxy groups -OCH3 is 1. The largest absolute Gasteiger partial charge is 0.507 e. The third-order valence-corrected chi connectivity index (χ3v) is 6.57. The van der Waals surface area contributed by atoms with Crippen LogP contribution in [0.2, 0.25) is 0 Å². The molecule has 6 heteroatoms. The molecule has 34 heavy (non-hydrogen) atoms. The first-order valence-electron chi connectivity index (χ1n) is 12.1. The minimum Gasteiger partial charge on any atom is -0.507 e. The van der Waals surface area contributed by atoms with Gasteiger partial charge in [-0.05, 0) is 55.2 Å². The zero-order valence-electron chi connectivity index (χ0n) is 20.9. The molecule has 1 N–H and O–H groups in total. The Kier molecular flexibility index (Phi) is 8.51. The van der Waals surface area contributed by atoms with Gasteiger partial charge in [0.25, 0.3) is 11.7 Å². The van der Waals surface area contributed by atoms with Crippen molar-refractivity contribution in [3.8, 4) is 5.75 Å². The third kappa shape index (κ3) is 5.33. The van der Waals surface area contributed by atoms with Gasteiger partial charge in [-0.3, -0.25) is 9.59 Å². The maximum absolute atomic E-state index is 13.2. The van der Waals surface area contributed by atoms with Gasteiger partial charge >= 0.3 is 0 Å². The molecule has 1 atom stereocenters. The van der Waals surface area contributed by atoms with Crippen molar-refractivity contribution in [1.29, 1.82) is 0 Å². The van der Waals surface area contributed by atoms with E-state index in [1.165, 1.54) is 5.56 Å². The van der Waals surface area contributed by atoms with Crippen molar-refractivity contribution in [3.63, 3.8) is 0 Å². The van der Waals surface area contributed by atoms with Crippen LogP contribution in [-0.4, -0.2) is 59.9 Å². The molecule has 1 heterocycles. The van der Waals surface area contributed by atoms with Crippen LogP contribution in [0.15, 0.2) is 54.1 Å². The van der Waals surface area contributed by atoms with Gasteiger partial charge in [0.2, 0.25) is 0 Å². The van der Waals surface area contributed by atoms with Crippen LogP contribution in [-0.2, 0) is 9.59 Å². The van der Waals surface area contributed by atoms with E-state index in [9.17, 15) is 14.7 Å². The Labute approximate surface area is 202 Å². The van der Waals surface area contributed by atoms with Gasteiger partial charge in [-0.25, -0.2) is 0 Å².